The first-order chi connectivity index (χ1) is 17.5. The summed E-state index contributed by atoms with van der Waals surface area (Å²) in [6, 6.07) is 12.2. The molecule has 3 aromatic rings. The van der Waals surface area contributed by atoms with Crippen molar-refractivity contribution in [2.45, 2.75) is 44.2 Å². The number of hydrogen-bond acceptors (Lipinski definition) is 6. The quantitative estimate of drug-likeness (QED) is 0.464. The number of nitrogens with zero attached hydrogens (tertiary/aromatic N) is 3. The number of aromatic nitrogens is 2. The van der Waals surface area contributed by atoms with Crippen LogP contribution in [0.1, 0.15) is 64.6 Å². The fraction of sp³-hybridized carbons (Fsp3) is 0.296. The monoisotopic (exact) mass is 506 g/mol. The SMILES string of the molecule is COC(=O)c1cccc(N(C(=O)c2cnccn2)[C@H](C(=O)NC2CCCCC2)c2ccc(Cl)cc2)c1. The van der Waals surface area contributed by atoms with Crippen LogP contribution in [0.3, 0.4) is 0 Å². The molecule has 0 bridgehead atoms. The van der Waals surface area contributed by atoms with E-state index in [0.29, 0.717) is 16.3 Å². The predicted octanol–water partition coefficient (Wildman–Crippen LogP) is 4.75. The largest absolute Gasteiger partial charge is 0.465 e. The van der Waals surface area contributed by atoms with Crippen molar-refractivity contribution in [3.05, 3.63) is 89.0 Å². The van der Waals surface area contributed by atoms with Gasteiger partial charge in [-0.3, -0.25) is 19.5 Å². The molecule has 0 spiro atoms. The highest BCUT2D eigenvalue weighted by molar-refractivity contribution is 6.30. The number of anilines is 1. The zero-order chi connectivity index (χ0) is 25.5. The zero-order valence-corrected chi connectivity index (χ0v) is 20.6. The van der Waals surface area contributed by atoms with Crippen molar-refractivity contribution in [1.82, 2.24) is 15.3 Å². The topological polar surface area (TPSA) is 101 Å². The second-order valence-electron chi connectivity index (χ2n) is 8.61. The Morgan fingerprint density at radius 2 is 1.81 bits per heavy atom. The molecule has 4 rings (SSSR count). The van der Waals surface area contributed by atoms with Gasteiger partial charge in [0.15, 0.2) is 0 Å². The van der Waals surface area contributed by atoms with E-state index >= 15 is 0 Å². The lowest BCUT2D eigenvalue weighted by atomic mass is 9.94. The Labute approximate surface area is 214 Å². The number of halogens is 1. The summed E-state index contributed by atoms with van der Waals surface area (Å²) in [6.45, 7) is 0. The van der Waals surface area contributed by atoms with Gasteiger partial charge < -0.3 is 10.1 Å². The van der Waals surface area contributed by atoms with E-state index < -0.39 is 17.9 Å². The van der Waals surface area contributed by atoms with E-state index in [9.17, 15) is 14.4 Å². The summed E-state index contributed by atoms with van der Waals surface area (Å²) in [6.07, 6.45) is 9.22. The molecule has 0 radical (unpaired) electrons. The molecule has 0 aliphatic heterocycles. The molecule has 1 heterocycles. The van der Waals surface area contributed by atoms with Crippen LogP contribution in [-0.4, -0.2) is 40.9 Å². The third kappa shape index (κ3) is 5.88. The highest BCUT2D eigenvalue weighted by Crippen LogP contribution is 2.31. The first-order valence-electron chi connectivity index (χ1n) is 11.8. The van der Waals surface area contributed by atoms with Gasteiger partial charge in [0.25, 0.3) is 5.91 Å². The van der Waals surface area contributed by atoms with Gasteiger partial charge in [-0.1, -0.05) is 49.1 Å². The molecule has 9 heteroatoms. The average molecular weight is 507 g/mol. The number of ether oxygens (including phenoxy) is 1. The van der Waals surface area contributed by atoms with E-state index in [2.05, 4.69) is 15.3 Å². The molecule has 36 heavy (non-hydrogen) atoms. The Kier molecular flexibility index (Phi) is 8.28. The molecule has 1 N–H and O–H groups in total. The minimum absolute atomic E-state index is 0.0240. The van der Waals surface area contributed by atoms with Crippen LogP contribution in [0, 0.1) is 0 Å². The number of amides is 2. The smallest absolute Gasteiger partial charge is 0.337 e. The van der Waals surface area contributed by atoms with E-state index in [4.69, 9.17) is 16.3 Å². The van der Waals surface area contributed by atoms with Crippen molar-refractivity contribution in [3.8, 4) is 0 Å². The number of hydrogen-bond donors (Lipinski definition) is 1. The summed E-state index contributed by atoms with van der Waals surface area (Å²) in [5, 5.41) is 3.65. The Morgan fingerprint density at radius 1 is 1.06 bits per heavy atom. The third-order valence-electron chi connectivity index (χ3n) is 6.19. The molecule has 1 aliphatic carbocycles. The van der Waals surface area contributed by atoms with Gasteiger partial charge in [0.05, 0.1) is 18.9 Å². The standard InChI is InChI=1S/C27H27ClN4O4/c1-36-27(35)19-6-5-9-22(16-19)32(26(34)23-17-29-14-15-30-23)24(18-10-12-20(28)13-11-18)25(33)31-21-7-3-2-4-8-21/h5-6,9-17,21,24H,2-4,7-8H2,1H3,(H,31,33)/t24-/m0/s1. The highest BCUT2D eigenvalue weighted by Gasteiger charge is 2.35. The molecule has 1 fully saturated rings. The minimum atomic E-state index is -1.05. The average Bonchev–Trinajstić information content (AvgIpc) is 2.92. The molecule has 0 saturated heterocycles. The van der Waals surface area contributed by atoms with Crippen molar-refractivity contribution < 1.29 is 19.1 Å². The van der Waals surface area contributed by atoms with Gasteiger partial charge in [-0.05, 0) is 48.7 Å². The number of methoxy groups -OCH3 is 1. The summed E-state index contributed by atoms with van der Waals surface area (Å²) in [7, 11) is 1.28. The zero-order valence-electron chi connectivity index (χ0n) is 19.9. The maximum Gasteiger partial charge on any atom is 0.337 e. The summed E-state index contributed by atoms with van der Waals surface area (Å²) in [5.41, 5.74) is 1.21. The van der Waals surface area contributed by atoms with Crippen molar-refractivity contribution in [1.29, 1.82) is 0 Å². The lowest BCUT2D eigenvalue weighted by Gasteiger charge is -2.33. The predicted molar refractivity (Wildman–Crippen MR) is 136 cm³/mol. The van der Waals surface area contributed by atoms with Crippen LogP contribution in [0.5, 0.6) is 0 Å². The molecular weight excluding hydrogens is 480 g/mol. The Bertz CT molecular complexity index is 1210. The molecular formula is C27H27ClN4O4. The Morgan fingerprint density at radius 3 is 2.47 bits per heavy atom. The number of benzene rings is 2. The first kappa shape index (κ1) is 25.3. The van der Waals surface area contributed by atoms with Gasteiger partial charge in [-0.15, -0.1) is 0 Å². The van der Waals surface area contributed by atoms with Gasteiger partial charge in [-0.25, -0.2) is 9.78 Å². The number of rotatable bonds is 7. The van der Waals surface area contributed by atoms with Gasteiger partial charge in [0.2, 0.25) is 5.91 Å². The first-order valence-corrected chi connectivity index (χ1v) is 12.2. The van der Waals surface area contributed by atoms with Crippen LogP contribution in [0.15, 0.2) is 67.1 Å². The molecule has 2 aromatic carbocycles. The molecule has 8 nitrogen and oxygen atoms in total. The van der Waals surface area contributed by atoms with Crippen molar-refractivity contribution >= 4 is 35.1 Å². The van der Waals surface area contributed by atoms with Gasteiger partial charge in [0, 0.05) is 29.1 Å². The highest BCUT2D eigenvalue weighted by atomic mass is 35.5. The van der Waals surface area contributed by atoms with E-state index in [-0.39, 0.29) is 23.2 Å². The maximum absolute atomic E-state index is 13.9. The van der Waals surface area contributed by atoms with Gasteiger partial charge in [-0.2, -0.15) is 0 Å². The van der Waals surface area contributed by atoms with Gasteiger partial charge >= 0.3 is 5.97 Å². The second kappa shape index (κ2) is 11.8. The summed E-state index contributed by atoms with van der Waals surface area (Å²) in [5.74, 6) is -1.42. The summed E-state index contributed by atoms with van der Waals surface area (Å²) in [4.78, 5) is 49.5. The molecule has 1 saturated carbocycles. The van der Waals surface area contributed by atoms with Crippen molar-refractivity contribution in [2.75, 3.05) is 12.0 Å². The van der Waals surface area contributed by atoms with E-state index in [0.717, 1.165) is 32.1 Å². The minimum Gasteiger partial charge on any atom is -0.465 e. The lowest BCUT2D eigenvalue weighted by Crippen LogP contribution is -2.47. The lowest BCUT2D eigenvalue weighted by molar-refractivity contribution is -0.123. The molecule has 1 aromatic heterocycles. The summed E-state index contributed by atoms with van der Waals surface area (Å²) >= 11 is 6.13. The molecule has 0 unspecified atom stereocenters. The van der Waals surface area contributed by atoms with E-state index in [1.54, 1.807) is 42.5 Å². The van der Waals surface area contributed by atoms with Crippen LogP contribution in [0.25, 0.3) is 0 Å². The van der Waals surface area contributed by atoms with Crippen LogP contribution in [0.2, 0.25) is 5.02 Å². The number of esters is 1. The number of nitrogens with one attached hydrogen (secondary N) is 1. The van der Waals surface area contributed by atoms with E-state index in [1.165, 1.54) is 36.7 Å². The second-order valence-corrected chi connectivity index (χ2v) is 9.04. The molecule has 186 valence electrons. The summed E-state index contributed by atoms with van der Waals surface area (Å²) < 4.78 is 4.86. The Balaban J connectivity index is 1.83. The number of carbonyl (C=O) groups is 3. The van der Waals surface area contributed by atoms with Gasteiger partial charge in [0.1, 0.15) is 11.7 Å². The van der Waals surface area contributed by atoms with Crippen molar-refractivity contribution in [3.63, 3.8) is 0 Å². The van der Waals surface area contributed by atoms with Crippen molar-refractivity contribution in [2.24, 2.45) is 0 Å². The van der Waals surface area contributed by atoms with Crippen LogP contribution in [0.4, 0.5) is 5.69 Å². The molecule has 1 atom stereocenters. The van der Waals surface area contributed by atoms with E-state index in [1.807, 2.05) is 0 Å². The van der Waals surface area contributed by atoms with Crippen LogP contribution in [-0.2, 0) is 9.53 Å². The number of carbonyl (C=O) groups excluding carboxylic acids is 3. The van der Waals surface area contributed by atoms with Crippen LogP contribution >= 0.6 is 11.6 Å². The molecule has 2 amide bonds. The van der Waals surface area contributed by atoms with Crippen LogP contribution < -0.4 is 10.2 Å². The third-order valence-corrected chi connectivity index (χ3v) is 6.44. The Hall–Kier alpha value is -3.78. The fourth-order valence-electron chi connectivity index (χ4n) is 4.41. The fourth-order valence-corrected chi connectivity index (χ4v) is 4.53. The molecule has 1 aliphatic rings. The normalized spacial score (nSPS) is 14.5. The maximum atomic E-state index is 13.9.